The van der Waals surface area contributed by atoms with Gasteiger partial charge in [0, 0.05) is 12.2 Å². The third-order valence-corrected chi connectivity index (χ3v) is 3.45. The summed E-state index contributed by atoms with van der Waals surface area (Å²) in [5.41, 5.74) is 1.62. The third-order valence-electron chi connectivity index (χ3n) is 2.59. The van der Waals surface area contributed by atoms with Crippen LogP contribution >= 0.6 is 23.2 Å². The minimum atomic E-state index is -2.82. The van der Waals surface area contributed by atoms with Gasteiger partial charge in [0.1, 0.15) is 5.75 Å². The normalized spacial score (nSPS) is 10.7. The summed E-state index contributed by atoms with van der Waals surface area (Å²) in [7, 11) is 0. The fourth-order valence-electron chi connectivity index (χ4n) is 1.64. The molecule has 0 aromatic heterocycles. The molecule has 0 aliphatic carbocycles. The summed E-state index contributed by atoms with van der Waals surface area (Å²) >= 11 is 12.0. The van der Waals surface area contributed by atoms with Gasteiger partial charge < -0.3 is 10.1 Å². The van der Waals surface area contributed by atoms with Crippen molar-refractivity contribution in [1.82, 2.24) is 0 Å². The van der Waals surface area contributed by atoms with Gasteiger partial charge in [-0.3, -0.25) is 0 Å². The average molecular weight is 318 g/mol. The molecule has 2 nitrogen and oxygen atoms in total. The Kier molecular flexibility index (Phi) is 5.04. The van der Waals surface area contributed by atoms with Crippen LogP contribution in [0.25, 0.3) is 0 Å². The molecule has 0 bridgehead atoms. The molecule has 0 amide bonds. The lowest BCUT2D eigenvalue weighted by atomic mass is 10.2. The Bertz CT molecular complexity index is 576. The van der Waals surface area contributed by atoms with Crippen molar-refractivity contribution in [2.24, 2.45) is 0 Å². The zero-order chi connectivity index (χ0) is 14.5. The molecule has 20 heavy (non-hydrogen) atoms. The van der Waals surface area contributed by atoms with Crippen molar-refractivity contribution in [2.45, 2.75) is 13.2 Å². The smallest absolute Gasteiger partial charge is 0.387 e. The van der Waals surface area contributed by atoms with E-state index in [1.54, 1.807) is 18.2 Å². The number of hydrogen-bond donors (Lipinski definition) is 1. The molecule has 0 fully saturated rings. The Balaban J connectivity index is 1.99. The molecule has 0 radical (unpaired) electrons. The van der Waals surface area contributed by atoms with Crippen molar-refractivity contribution in [3.05, 3.63) is 58.1 Å². The van der Waals surface area contributed by atoms with E-state index in [1.165, 1.54) is 12.1 Å². The number of alkyl halides is 2. The Labute approximate surface area is 125 Å². The average Bonchev–Trinajstić information content (AvgIpc) is 2.41. The molecule has 0 heterocycles. The Hall–Kier alpha value is -1.52. The molecule has 1 N–H and O–H groups in total. The number of halogens is 4. The Morgan fingerprint density at radius 2 is 1.75 bits per heavy atom. The highest BCUT2D eigenvalue weighted by Gasteiger charge is 2.05. The Morgan fingerprint density at radius 3 is 2.40 bits per heavy atom. The second kappa shape index (κ2) is 6.77. The molecule has 0 saturated carbocycles. The van der Waals surface area contributed by atoms with E-state index < -0.39 is 6.61 Å². The molecular formula is C14H11Cl2F2NO. The second-order valence-electron chi connectivity index (χ2n) is 3.97. The number of benzene rings is 2. The van der Waals surface area contributed by atoms with Crippen molar-refractivity contribution in [3.8, 4) is 5.75 Å². The number of ether oxygens (including phenoxy) is 1. The first-order chi connectivity index (χ1) is 9.56. The molecule has 0 unspecified atom stereocenters. The van der Waals surface area contributed by atoms with Crippen LogP contribution in [0.1, 0.15) is 5.56 Å². The van der Waals surface area contributed by atoms with Gasteiger partial charge in [0.25, 0.3) is 0 Å². The molecule has 0 aliphatic rings. The van der Waals surface area contributed by atoms with Gasteiger partial charge in [0.15, 0.2) is 0 Å². The number of anilines is 1. The Morgan fingerprint density at radius 1 is 1.05 bits per heavy atom. The fraction of sp³-hybridized carbons (Fsp3) is 0.143. The molecule has 106 valence electrons. The van der Waals surface area contributed by atoms with E-state index in [1.807, 2.05) is 12.1 Å². The number of nitrogens with one attached hydrogen (secondary N) is 1. The lowest BCUT2D eigenvalue weighted by molar-refractivity contribution is -0.0498. The molecule has 6 heteroatoms. The van der Waals surface area contributed by atoms with Crippen LogP contribution in [0, 0.1) is 0 Å². The summed E-state index contributed by atoms with van der Waals surface area (Å²) in [5.74, 6) is 0.117. The molecule has 0 saturated heterocycles. The maximum atomic E-state index is 12.0. The summed E-state index contributed by atoms with van der Waals surface area (Å²) in [6.07, 6.45) is 0. The first-order valence-corrected chi connectivity index (χ1v) is 6.53. The van der Waals surface area contributed by atoms with Gasteiger partial charge in [-0.1, -0.05) is 35.3 Å². The van der Waals surface area contributed by atoms with Crippen molar-refractivity contribution < 1.29 is 13.5 Å². The van der Waals surface area contributed by atoms with Gasteiger partial charge >= 0.3 is 6.61 Å². The second-order valence-corrected chi connectivity index (χ2v) is 4.75. The predicted octanol–water partition coefficient (Wildman–Crippen LogP) is 5.21. The SMILES string of the molecule is FC(F)Oc1ccc(NCc2cccc(Cl)c2Cl)cc1. The van der Waals surface area contributed by atoms with Gasteiger partial charge in [-0.05, 0) is 35.9 Å². The van der Waals surface area contributed by atoms with Gasteiger partial charge in [-0.25, -0.2) is 0 Å². The van der Waals surface area contributed by atoms with Crippen molar-refractivity contribution in [3.63, 3.8) is 0 Å². The molecule has 0 spiro atoms. The van der Waals surface area contributed by atoms with Crippen LogP contribution in [0.3, 0.4) is 0 Å². The van der Waals surface area contributed by atoms with E-state index in [4.69, 9.17) is 23.2 Å². The van der Waals surface area contributed by atoms with Crippen LogP contribution in [0.4, 0.5) is 14.5 Å². The monoisotopic (exact) mass is 317 g/mol. The summed E-state index contributed by atoms with van der Waals surface area (Å²) in [5, 5.41) is 4.12. The summed E-state index contributed by atoms with van der Waals surface area (Å²) in [4.78, 5) is 0. The highest BCUT2D eigenvalue weighted by molar-refractivity contribution is 6.42. The van der Waals surface area contributed by atoms with Crippen LogP contribution in [-0.4, -0.2) is 6.61 Å². The van der Waals surface area contributed by atoms with Crippen LogP contribution in [0.2, 0.25) is 10.0 Å². The quantitative estimate of drug-likeness (QED) is 0.817. The van der Waals surface area contributed by atoms with E-state index in [0.29, 0.717) is 16.6 Å². The van der Waals surface area contributed by atoms with Gasteiger partial charge in [-0.15, -0.1) is 0 Å². The first-order valence-electron chi connectivity index (χ1n) is 5.78. The van der Waals surface area contributed by atoms with E-state index in [0.717, 1.165) is 11.3 Å². The largest absolute Gasteiger partial charge is 0.435 e. The molecule has 0 atom stereocenters. The van der Waals surface area contributed by atoms with Crippen LogP contribution < -0.4 is 10.1 Å². The predicted molar refractivity (Wildman–Crippen MR) is 76.9 cm³/mol. The summed E-state index contributed by atoms with van der Waals surface area (Å²) in [6.45, 7) is -2.34. The van der Waals surface area contributed by atoms with E-state index >= 15 is 0 Å². The van der Waals surface area contributed by atoms with Crippen molar-refractivity contribution >= 4 is 28.9 Å². The number of rotatable bonds is 5. The molecular weight excluding hydrogens is 307 g/mol. The third kappa shape index (κ3) is 3.99. The fourth-order valence-corrected chi connectivity index (χ4v) is 2.02. The van der Waals surface area contributed by atoms with Crippen LogP contribution in [-0.2, 0) is 6.54 Å². The highest BCUT2D eigenvalue weighted by atomic mass is 35.5. The molecule has 2 aromatic carbocycles. The minimum absolute atomic E-state index is 0.117. The van der Waals surface area contributed by atoms with E-state index in [2.05, 4.69) is 10.1 Å². The zero-order valence-electron chi connectivity index (χ0n) is 10.2. The van der Waals surface area contributed by atoms with Gasteiger partial charge in [0.05, 0.1) is 10.0 Å². The van der Waals surface area contributed by atoms with Crippen LogP contribution in [0.5, 0.6) is 5.75 Å². The lowest BCUT2D eigenvalue weighted by Crippen LogP contribution is -2.03. The minimum Gasteiger partial charge on any atom is -0.435 e. The summed E-state index contributed by atoms with van der Waals surface area (Å²) < 4.78 is 28.3. The van der Waals surface area contributed by atoms with Crippen molar-refractivity contribution in [2.75, 3.05) is 5.32 Å². The standard InChI is InChI=1S/C14H11Cl2F2NO/c15-12-3-1-2-9(13(12)16)8-19-10-4-6-11(7-5-10)20-14(17)18/h1-7,14,19H,8H2. The van der Waals surface area contributed by atoms with Crippen molar-refractivity contribution in [1.29, 1.82) is 0 Å². The topological polar surface area (TPSA) is 21.3 Å². The number of hydrogen-bond acceptors (Lipinski definition) is 2. The summed E-state index contributed by atoms with van der Waals surface area (Å²) in [6, 6.07) is 11.6. The van der Waals surface area contributed by atoms with E-state index in [-0.39, 0.29) is 5.75 Å². The molecule has 0 aliphatic heterocycles. The van der Waals surface area contributed by atoms with Crippen LogP contribution in [0.15, 0.2) is 42.5 Å². The van der Waals surface area contributed by atoms with Gasteiger partial charge in [-0.2, -0.15) is 8.78 Å². The maximum absolute atomic E-state index is 12.0. The maximum Gasteiger partial charge on any atom is 0.387 e. The lowest BCUT2D eigenvalue weighted by Gasteiger charge is -2.10. The first kappa shape index (κ1) is 14.9. The van der Waals surface area contributed by atoms with E-state index in [9.17, 15) is 8.78 Å². The molecule has 2 aromatic rings. The highest BCUT2D eigenvalue weighted by Crippen LogP contribution is 2.26. The zero-order valence-corrected chi connectivity index (χ0v) is 11.8. The molecule has 2 rings (SSSR count). The van der Waals surface area contributed by atoms with Gasteiger partial charge in [0.2, 0.25) is 0 Å².